The fourth-order valence-corrected chi connectivity index (χ4v) is 1.32. The van der Waals surface area contributed by atoms with Gasteiger partial charge < -0.3 is 9.84 Å². The fraction of sp³-hybridized carbons (Fsp3) is 0.400. The van der Waals surface area contributed by atoms with Crippen molar-refractivity contribution in [1.82, 2.24) is 4.98 Å². The molecule has 4 heteroatoms. The van der Waals surface area contributed by atoms with E-state index in [1.165, 1.54) is 0 Å². The van der Waals surface area contributed by atoms with Crippen molar-refractivity contribution in [3.8, 4) is 5.75 Å². The molecule has 0 unspecified atom stereocenters. The second-order valence-electron chi connectivity index (χ2n) is 2.96. The number of aryl methyl sites for hydroxylation is 2. The second-order valence-corrected chi connectivity index (χ2v) is 2.96. The molecule has 0 saturated carbocycles. The Bertz CT molecular complexity index is 361. The van der Waals surface area contributed by atoms with Crippen molar-refractivity contribution in [3.63, 3.8) is 0 Å². The van der Waals surface area contributed by atoms with Crippen LogP contribution in [0.5, 0.6) is 5.75 Å². The Balaban J connectivity index is 3.28. The first-order valence-electron chi connectivity index (χ1n) is 4.40. The highest BCUT2D eigenvalue weighted by molar-refractivity contribution is 5.92. The van der Waals surface area contributed by atoms with Gasteiger partial charge in [-0.1, -0.05) is 0 Å². The van der Waals surface area contributed by atoms with Gasteiger partial charge in [-0.05, 0) is 20.8 Å². The van der Waals surface area contributed by atoms with Gasteiger partial charge in [0.2, 0.25) is 0 Å². The van der Waals surface area contributed by atoms with Gasteiger partial charge in [-0.25, -0.2) is 4.79 Å². The number of hydrogen-bond donors (Lipinski definition) is 1. The molecule has 0 aliphatic rings. The zero-order valence-corrected chi connectivity index (χ0v) is 8.50. The SMILES string of the molecule is CCOc1cc(C)nc(C)c1C(=O)O. The summed E-state index contributed by atoms with van der Waals surface area (Å²) in [5, 5.41) is 8.94. The average Bonchev–Trinajstić information content (AvgIpc) is 2.01. The number of pyridine rings is 1. The van der Waals surface area contributed by atoms with E-state index in [2.05, 4.69) is 4.98 Å². The highest BCUT2D eigenvalue weighted by Gasteiger charge is 2.15. The molecule has 0 amide bonds. The summed E-state index contributed by atoms with van der Waals surface area (Å²) in [4.78, 5) is 15.0. The average molecular weight is 195 g/mol. The smallest absolute Gasteiger partial charge is 0.341 e. The maximum Gasteiger partial charge on any atom is 0.341 e. The van der Waals surface area contributed by atoms with Crippen molar-refractivity contribution in [2.75, 3.05) is 6.61 Å². The molecule has 1 N–H and O–H groups in total. The Morgan fingerprint density at radius 3 is 2.71 bits per heavy atom. The van der Waals surface area contributed by atoms with Crippen LogP contribution in [0, 0.1) is 13.8 Å². The molecule has 0 atom stereocenters. The zero-order chi connectivity index (χ0) is 10.7. The van der Waals surface area contributed by atoms with E-state index >= 15 is 0 Å². The molecule has 1 heterocycles. The fourth-order valence-electron chi connectivity index (χ4n) is 1.32. The molecule has 0 spiro atoms. The summed E-state index contributed by atoms with van der Waals surface area (Å²) in [5.74, 6) is -0.608. The Labute approximate surface area is 82.5 Å². The summed E-state index contributed by atoms with van der Waals surface area (Å²) >= 11 is 0. The molecule has 0 saturated heterocycles. The van der Waals surface area contributed by atoms with Gasteiger partial charge in [-0.15, -0.1) is 0 Å². The van der Waals surface area contributed by atoms with Gasteiger partial charge in [-0.3, -0.25) is 4.98 Å². The van der Waals surface area contributed by atoms with Crippen LogP contribution in [-0.2, 0) is 0 Å². The number of carboxylic acid groups (broad SMARTS) is 1. The third-order valence-electron chi connectivity index (χ3n) is 1.81. The Morgan fingerprint density at radius 2 is 2.21 bits per heavy atom. The molecule has 0 radical (unpaired) electrons. The van der Waals surface area contributed by atoms with Gasteiger partial charge in [0.05, 0.1) is 12.3 Å². The van der Waals surface area contributed by atoms with Crippen LogP contribution in [0.15, 0.2) is 6.07 Å². The lowest BCUT2D eigenvalue weighted by Crippen LogP contribution is -2.07. The van der Waals surface area contributed by atoms with Crippen molar-refractivity contribution in [1.29, 1.82) is 0 Å². The number of ether oxygens (including phenoxy) is 1. The molecule has 0 fully saturated rings. The third-order valence-corrected chi connectivity index (χ3v) is 1.81. The maximum absolute atomic E-state index is 10.9. The summed E-state index contributed by atoms with van der Waals surface area (Å²) in [6.45, 7) is 5.74. The normalized spacial score (nSPS) is 9.93. The highest BCUT2D eigenvalue weighted by atomic mass is 16.5. The summed E-state index contributed by atoms with van der Waals surface area (Å²) < 4.78 is 5.24. The first-order valence-corrected chi connectivity index (χ1v) is 4.40. The van der Waals surface area contributed by atoms with Gasteiger partial charge in [0.15, 0.2) is 0 Å². The molecule has 14 heavy (non-hydrogen) atoms. The van der Waals surface area contributed by atoms with Gasteiger partial charge in [0.25, 0.3) is 0 Å². The Kier molecular flexibility index (Phi) is 3.06. The molecule has 1 aromatic heterocycles. The standard InChI is InChI=1S/C10H13NO3/c1-4-14-8-5-6(2)11-7(3)9(8)10(12)13/h5H,4H2,1-3H3,(H,12,13). The lowest BCUT2D eigenvalue weighted by Gasteiger charge is -2.09. The third kappa shape index (κ3) is 2.02. The van der Waals surface area contributed by atoms with Crippen LogP contribution < -0.4 is 4.74 Å². The van der Waals surface area contributed by atoms with Gasteiger partial charge in [0.1, 0.15) is 11.3 Å². The number of hydrogen-bond acceptors (Lipinski definition) is 3. The van der Waals surface area contributed by atoms with Crippen LogP contribution >= 0.6 is 0 Å². The minimum Gasteiger partial charge on any atom is -0.493 e. The lowest BCUT2D eigenvalue weighted by molar-refractivity contribution is 0.0691. The van der Waals surface area contributed by atoms with E-state index in [1.54, 1.807) is 19.9 Å². The monoisotopic (exact) mass is 195 g/mol. The highest BCUT2D eigenvalue weighted by Crippen LogP contribution is 2.22. The summed E-state index contributed by atoms with van der Waals surface area (Å²) in [6.07, 6.45) is 0. The molecule has 76 valence electrons. The van der Waals surface area contributed by atoms with E-state index in [4.69, 9.17) is 9.84 Å². The molecule has 0 aliphatic heterocycles. The van der Waals surface area contributed by atoms with Gasteiger partial charge in [-0.2, -0.15) is 0 Å². The molecule has 1 aromatic rings. The van der Waals surface area contributed by atoms with E-state index in [9.17, 15) is 4.79 Å². The van der Waals surface area contributed by atoms with E-state index < -0.39 is 5.97 Å². The number of aromatic carboxylic acids is 1. The van der Waals surface area contributed by atoms with Crippen LogP contribution in [0.1, 0.15) is 28.7 Å². The number of rotatable bonds is 3. The van der Waals surface area contributed by atoms with Crippen LogP contribution in [0.25, 0.3) is 0 Å². The van der Waals surface area contributed by atoms with Gasteiger partial charge >= 0.3 is 5.97 Å². The van der Waals surface area contributed by atoms with E-state index in [0.29, 0.717) is 18.1 Å². The van der Waals surface area contributed by atoms with Crippen LogP contribution in [0.2, 0.25) is 0 Å². The Morgan fingerprint density at radius 1 is 1.57 bits per heavy atom. The van der Waals surface area contributed by atoms with Crippen LogP contribution in [0.4, 0.5) is 0 Å². The van der Waals surface area contributed by atoms with Gasteiger partial charge in [0, 0.05) is 11.8 Å². The predicted molar refractivity (Wildman–Crippen MR) is 51.8 cm³/mol. The molecule has 0 bridgehead atoms. The van der Waals surface area contributed by atoms with Crippen LogP contribution in [-0.4, -0.2) is 22.7 Å². The summed E-state index contributed by atoms with van der Waals surface area (Å²) in [7, 11) is 0. The van der Waals surface area contributed by atoms with Crippen molar-refractivity contribution in [2.45, 2.75) is 20.8 Å². The number of aromatic nitrogens is 1. The minimum absolute atomic E-state index is 0.150. The van der Waals surface area contributed by atoms with Crippen molar-refractivity contribution in [2.24, 2.45) is 0 Å². The van der Waals surface area contributed by atoms with Crippen molar-refractivity contribution >= 4 is 5.97 Å². The number of nitrogens with zero attached hydrogens (tertiary/aromatic N) is 1. The second kappa shape index (κ2) is 4.09. The minimum atomic E-state index is -1.00. The largest absolute Gasteiger partial charge is 0.493 e. The lowest BCUT2D eigenvalue weighted by atomic mass is 10.1. The molecule has 0 aliphatic carbocycles. The molecule has 1 rings (SSSR count). The van der Waals surface area contributed by atoms with E-state index in [-0.39, 0.29) is 5.56 Å². The maximum atomic E-state index is 10.9. The zero-order valence-electron chi connectivity index (χ0n) is 8.50. The molecular weight excluding hydrogens is 182 g/mol. The summed E-state index contributed by atoms with van der Waals surface area (Å²) in [6, 6.07) is 1.64. The Hall–Kier alpha value is -1.58. The number of carboxylic acids is 1. The van der Waals surface area contributed by atoms with E-state index in [1.807, 2.05) is 6.92 Å². The van der Waals surface area contributed by atoms with E-state index in [0.717, 1.165) is 5.69 Å². The van der Waals surface area contributed by atoms with Crippen molar-refractivity contribution in [3.05, 3.63) is 23.0 Å². The molecule has 4 nitrogen and oxygen atoms in total. The van der Waals surface area contributed by atoms with Crippen LogP contribution in [0.3, 0.4) is 0 Å². The summed E-state index contributed by atoms with van der Waals surface area (Å²) in [5.41, 5.74) is 1.40. The molecule has 0 aromatic carbocycles. The van der Waals surface area contributed by atoms with Crippen molar-refractivity contribution < 1.29 is 14.6 Å². The first kappa shape index (κ1) is 10.5. The topological polar surface area (TPSA) is 59.4 Å². The molecular formula is C10H13NO3. The quantitative estimate of drug-likeness (QED) is 0.798. The predicted octanol–water partition coefficient (Wildman–Crippen LogP) is 1.80. The number of carbonyl (C=O) groups is 1. The first-order chi connectivity index (χ1) is 6.56.